The summed E-state index contributed by atoms with van der Waals surface area (Å²) in [7, 11) is 0. The van der Waals surface area contributed by atoms with Crippen molar-refractivity contribution >= 4 is 45.3 Å². The van der Waals surface area contributed by atoms with Crippen LogP contribution >= 0.6 is 27.5 Å². The van der Waals surface area contributed by atoms with Crippen molar-refractivity contribution in [2.45, 2.75) is 30.3 Å². The highest BCUT2D eigenvalue weighted by atomic mass is 79.9. The first-order chi connectivity index (χ1) is 14.4. The summed E-state index contributed by atoms with van der Waals surface area (Å²) in [5, 5.41) is 3.86. The van der Waals surface area contributed by atoms with E-state index in [0.717, 1.165) is 0 Å². The summed E-state index contributed by atoms with van der Waals surface area (Å²) in [6.07, 6.45) is 3.50. The first kappa shape index (κ1) is 23.1. The van der Waals surface area contributed by atoms with Crippen LogP contribution in [0, 0.1) is 0 Å². The smallest absolute Gasteiger partial charge is 0.249 e. The maximum Gasteiger partial charge on any atom is 0.249 e. The van der Waals surface area contributed by atoms with Crippen LogP contribution in [-0.4, -0.2) is 89.5 Å². The summed E-state index contributed by atoms with van der Waals surface area (Å²) < 4.78 is 5.67. The van der Waals surface area contributed by atoms with E-state index in [1.165, 1.54) is 0 Å². The largest absolute Gasteiger partial charge is 0.379 e. The van der Waals surface area contributed by atoms with Crippen LogP contribution in [0.25, 0.3) is 0 Å². The Bertz CT molecular complexity index is 718. The van der Waals surface area contributed by atoms with E-state index < -0.39 is 0 Å². The number of rotatable bonds is 8. The number of carbonyl (C=O) groups excluding carboxylic acids is 2. The van der Waals surface area contributed by atoms with Gasteiger partial charge in [-0.25, -0.2) is 15.4 Å². The van der Waals surface area contributed by atoms with Gasteiger partial charge < -0.3 is 19.9 Å². The van der Waals surface area contributed by atoms with Crippen molar-refractivity contribution < 1.29 is 14.3 Å². The lowest BCUT2D eigenvalue weighted by atomic mass is 10.1. The maximum absolute atomic E-state index is 12.4. The lowest BCUT2D eigenvalue weighted by Crippen LogP contribution is -2.62. The van der Waals surface area contributed by atoms with Crippen molar-refractivity contribution in [1.29, 1.82) is 0 Å². The van der Waals surface area contributed by atoms with E-state index in [-0.39, 0.29) is 28.7 Å². The zero-order chi connectivity index (χ0) is 21.5. The predicted octanol–water partition coefficient (Wildman–Crippen LogP) is -0.0701. The van der Waals surface area contributed by atoms with Gasteiger partial charge in [-0.2, -0.15) is 0 Å². The zero-order valence-electron chi connectivity index (χ0n) is 16.8. The predicted molar refractivity (Wildman–Crippen MR) is 117 cm³/mol. The second-order valence-electron chi connectivity index (χ2n) is 7.34. The lowest BCUT2D eigenvalue weighted by Gasteiger charge is -2.34. The average Bonchev–Trinajstić information content (AvgIpc) is 2.75. The SMILES string of the molecule is C[C@@H](COCCC(=O)N1CCN(c2ncc(Cl)cn2)CC1)NC1CNNC(=O)C1Br. The Morgan fingerprint density at radius 1 is 1.37 bits per heavy atom. The van der Waals surface area contributed by atoms with Gasteiger partial charge in [-0.3, -0.25) is 15.0 Å². The lowest BCUT2D eigenvalue weighted by molar-refractivity contribution is -0.132. The number of alkyl halides is 1. The van der Waals surface area contributed by atoms with Gasteiger partial charge in [0.05, 0.1) is 37.1 Å². The molecule has 3 rings (SSSR count). The number of nitrogens with one attached hydrogen (secondary N) is 3. The van der Waals surface area contributed by atoms with Crippen molar-refractivity contribution in [3.8, 4) is 0 Å². The minimum atomic E-state index is -0.292. The number of aromatic nitrogens is 2. The van der Waals surface area contributed by atoms with Crippen LogP contribution in [0.15, 0.2) is 12.4 Å². The van der Waals surface area contributed by atoms with E-state index >= 15 is 0 Å². The molecule has 166 valence electrons. The molecular weight excluding hydrogens is 478 g/mol. The van der Waals surface area contributed by atoms with Crippen LogP contribution in [0.1, 0.15) is 13.3 Å². The molecule has 3 atom stereocenters. The number of nitrogens with zero attached hydrogens (tertiary/aromatic N) is 4. The van der Waals surface area contributed by atoms with Gasteiger partial charge in [-0.05, 0) is 6.92 Å². The number of hydrazine groups is 1. The fraction of sp³-hybridized carbons (Fsp3) is 0.667. The molecule has 0 bridgehead atoms. The number of piperazine rings is 1. The van der Waals surface area contributed by atoms with Crippen LogP contribution in [0.3, 0.4) is 0 Å². The molecular formula is C18H27BrClN7O3. The average molecular weight is 505 g/mol. The van der Waals surface area contributed by atoms with Crippen LogP contribution in [0.2, 0.25) is 5.02 Å². The summed E-state index contributed by atoms with van der Waals surface area (Å²) in [6, 6.07) is 0.0284. The van der Waals surface area contributed by atoms with Crippen LogP contribution in [-0.2, 0) is 14.3 Å². The normalized spacial score (nSPS) is 23.2. The van der Waals surface area contributed by atoms with E-state index in [1.54, 1.807) is 12.4 Å². The minimum Gasteiger partial charge on any atom is -0.379 e. The van der Waals surface area contributed by atoms with E-state index in [4.69, 9.17) is 16.3 Å². The van der Waals surface area contributed by atoms with Gasteiger partial charge in [0, 0.05) is 44.8 Å². The summed E-state index contributed by atoms with van der Waals surface area (Å²) in [4.78, 5) is 36.1. The molecule has 1 aromatic heterocycles. The highest BCUT2D eigenvalue weighted by Crippen LogP contribution is 2.13. The molecule has 12 heteroatoms. The zero-order valence-corrected chi connectivity index (χ0v) is 19.2. The third kappa shape index (κ3) is 6.48. The third-order valence-electron chi connectivity index (χ3n) is 4.99. The minimum absolute atomic E-state index is 0.0279. The number of ether oxygens (including phenoxy) is 1. The summed E-state index contributed by atoms with van der Waals surface area (Å²) in [6.45, 7) is 6.08. The van der Waals surface area contributed by atoms with Gasteiger partial charge in [-0.1, -0.05) is 27.5 Å². The van der Waals surface area contributed by atoms with Crippen molar-refractivity contribution in [3.63, 3.8) is 0 Å². The maximum atomic E-state index is 12.4. The fourth-order valence-electron chi connectivity index (χ4n) is 3.36. The Morgan fingerprint density at radius 2 is 2.07 bits per heavy atom. The fourth-order valence-corrected chi connectivity index (χ4v) is 3.91. The number of hydrogen-bond donors (Lipinski definition) is 3. The molecule has 2 aliphatic rings. The molecule has 3 heterocycles. The van der Waals surface area contributed by atoms with E-state index in [9.17, 15) is 9.59 Å². The second-order valence-corrected chi connectivity index (χ2v) is 8.76. The third-order valence-corrected chi connectivity index (χ3v) is 6.24. The highest BCUT2D eigenvalue weighted by Gasteiger charge is 2.30. The first-order valence-corrected chi connectivity index (χ1v) is 11.2. The Hall–Kier alpha value is -1.53. The van der Waals surface area contributed by atoms with Crippen LogP contribution in [0.5, 0.6) is 0 Å². The molecule has 10 nitrogen and oxygen atoms in total. The second kappa shape index (κ2) is 11.2. The number of anilines is 1. The van der Waals surface area contributed by atoms with E-state index in [2.05, 4.69) is 42.1 Å². The number of halogens is 2. The van der Waals surface area contributed by atoms with Gasteiger partial charge in [0.15, 0.2) is 0 Å². The van der Waals surface area contributed by atoms with E-state index in [0.29, 0.717) is 63.3 Å². The molecule has 3 N–H and O–H groups in total. The molecule has 2 fully saturated rings. The molecule has 0 radical (unpaired) electrons. The highest BCUT2D eigenvalue weighted by molar-refractivity contribution is 9.10. The summed E-state index contributed by atoms with van der Waals surface area (Å²) in [5.74, 6) is 0.619. The van der Waals surface area contributed by atoms with Crippen molar-refractivity contribution in [2.24, 2.45) is 0 Å². The molecule has 0 aromatic carbocycles. The monoisotopic (exact) mass is 503 g/mol. The number of carbonyl (C=O) groups is 2. The quantitative estimate of drug-likeness (QED) is 0.333. The Labute approximate surface area is 189 Å². The van der Waals surface area contributed by atoms with Crippen LogP contribution in [0.4, 0.5) is 5.95 Å². The van der Waals surface area contributed by atoms with Gasteiger partial charge in [0.25, 0.3) is 0 Å². The topological polar surface area (TPSA) is 112 Å². The number of hydrogen-bond acceptors (Lipinski definition) is 8. The standard InChI is InChI=1S/C18H27BrClN7O3/c1-12(24-14-10-23-25-17(29)16(14)19)11-30-7-2-15(28)26-3-5-27(6-4-26)18-21-8-13(20)9-22-18/h8-9,12,14,16,23-24H,2-7,10-11H2,1H3,(H,25,29)/t12-,14?,16?/m0/s1. The molecule has 2 unspecified atom stereocenters. The molecule has 2 amide bonds. The van der Waals surface area contributed by atoms with E-state index in [1.807, 2.05) is 16.7 Å². The van der Waals surface area contributed by atoms with Gasteiger partial charge >= 0.3 is 0 Å². The molecule has 2 aliphatic heterocycles. The first-order valence-electron chi connectivity index (χ1n) is 9.95. The number of amides is 2. The van der Waals surface area contributed by atoms with Crippen molar-refractivity contribution in [3.05, 3.63) is 17.4 Å². The van der Waals surface area contributed by atoms with Gasteiger partial charge in [0.2, 0.25) is 17.8 Å². The molecule has 0 saturated carbocycles. The van der Waals surface area contributed by atoms with Crippen molar-refractivity contribution in [1.82, 2.24) is 31.0 Å². The molecule has 30 heavy (non-hydrogen) atoms. The Balaban J connectivity index is 1.30. The molecule has 0 aliphatic carbocycles. The molecule has 1 aromatic rings. The Kier molecular flexibility index (Phi) is 8.63. The summed E-state index contributed by atoms with van der Waals surface area (Å²) >= 11 is 9.22. The molecule has 0 spiro atoms. The van der Waals surface area contributed by atoms with Gasteiger partial charge in [-0.15, -0.1) is 0 Å². The summed E-state index contributed by atoms with van der Waals surface area (Å²) in [5.41, 5.74) is 5.44. The Morgan fingerprint density at radius 3 is 2.77 bits per heavy atom. The molecule has 2 saturated heterocycles. The van der Waals surface area contributed by atoms with Crippen molar-refractivity contribution in [2.75, 3.05) is 50.8 Å². The van der Waals surface area contributed by atoms with Gasteiger partial charge in [0.1, 0.15) is 4.83 Å². The van der Waals surface area contributed by atoms with Crippen LogP contribution < -0.4 is 21.1 Å².